The fraction of sp³-hybridized carbons (Fsp3) is 0.462. The van der Waals surface area contributed by atoms with E-state index in [4.69, 9.17) is 4.74 Å². The molecular formula is C26H31NO3. The predicted octanol–water partition coefficient (Wildman–Crippen LogP) is 4.68. The van der Waals surface area contributed by atoms with Gasteiger partial charge in [-0.25, -0.2) is 0 Å². The van der Waals surface area contributed by atoms with Crippen molar-refractivity contribution in [2.75, 3.05) is 13.7 Å². The Balaban J connectivity index is 1.61. The van der Waals surface area contributed by atoms with Crippen molar-refractivity contribution < 1.29 is 14.3 Å². The predicted molar refractivity (Wildman–Crippen MR) is 117 cm³/mol. The second-order valence-electron chi connectivity index (χ2n) is 9.12. The Morgan fingerprint density at radius 2 is 1.87 bits per heavy atom. The molecule has 2 amide bonds. The summed E-state index contributed by atoms with van der Waals surface area (Å²) in [5.41, 5.74) is 3.02. The fourth-order valence-corrected chi connectivity index (χ4v) is 5.41. The van der Waals surface area contributed by atoms with Crippen molar-refractivity contribution in [2.24, 2.45) is 11.8 Å². The van der Waals surface area contributed by atoms with Crippen molar-refractivity contribution in [3.8, 4) is 5.75 Å². The van der Waals surface area contributed by atoms with Gasteiger partial charge >= 0.3 is 0 Å². The fourth-order valence-electron chi connectivity index (χ4n) is 5.41. The van der Waals surface area contributed by atoms with Crippen LogP contribution in [-0.4, -0.2) is 30.4 Å². The second-order valence-corrected chi connectivity index (χ2v) is 9.12. The number of imide groups is 1. The van der Waals surface area contributed by atoms with Gasteiger partial charge in [-0.1, -0.05) is 48.9 Å². The standard InChI is InChI=1S/C26H31NO3/c1-18-7-10-20(11-8-18)13-14-27-24(28)17-26(21-5-4-6-22(15-21)30-3)16-19(2)9-12-23(26)25(27)29/h4-8,10-11,15,19,23H,9,12-14,16-17H2,1-3H3/t19?,23-,26-/m1/s1. The maximum absolute atomic E-state index is 13.6. The molecule has 0 spiro atoms. The van der Waals surface area contributed by atoms with Gasteiger partial charge in [0, 0.05) is 24.3 Å². The number of carbonyl (C=O) groups is 2. The molecule has 30 heavy (non-hydrogen) atoms. The highest BCUT2D eigenvalue weighted by atomic mass is 16.5. The van der Waals surface area contributed by atoms with Crippen LogP contribution in [0.1, 0.15) is 49.3 Å². The molecule has 1 saturated heterocycles. The summed E-state index contributed by atoms with van der Waals surface area (Å²) >= 11 is 0. The third-order valence-corrected chi connectivity index (χ3v) is 7.05. The van der Waals surface area contributed by atoms with Gasteiger partial charge in [-0.05, 0) is 61.8 Å². The van der Waals surface area contributed by atoms with Crippen molar-refractivity contribution in [2.45, 2.75) is 51.4 Å². The highest BCUT2D eigenvalue weighted by Crippen LogP contribution is 2.52. The van der Waals surface area contributed by atoms with Crippen molar-refractivity contribution in [1.29, 1.82) is 0 Å². The molecule has 2 fully saturated rings. The summed E-state index contributed by atoms with van der Waals surface area (Å²) in [5, 5.41) is 0. The number of hydrogen-bond donors (Lipinski definition) is 0. The Hall–Kier alpha value is -2.62. The van der Waals surface area contributed by atoms with Crippen LogP contribution in [0.4, 0.5) is 0 Å². The van der Waals surface area contributed by atoms with Gasteiger partial charge in [0.25, 0.3) is 0 Å². The lowest BCUT2D eigenvalue weighted by molar-refractivity contribution is -0.158. The lowest BCUT2D eigenvalue weighted by Crippen LogP contribution is -2.58. The van der Waals surface area contributed by atoms with Gasteiger partial charge in [-0.3, -0.25) is 14.5 Å². The molecule has 0 radical (unpaired) electrons. The van der Waals surface area contributed by atoms with Crippen LogP contribution in [-0.2, 0) is 21.4 Å². The van der Waals surface area contributed by atoms with Crippen LogP contribution in [0.3, 0.4) is 0 Å². The van der Waals surface area contributed by atoms with Crippen LogP contribution in [0.15, 0.2) is 48.5 Å². The van der Waals surface area contributed by atoms with Crippen molar-refractivity contribution >= 4 is 11.8 Å². The minimum absolute atomic E-state index is 0.00748. The van der Waals surface area contributed by atoms with E-state index in [-0.39, 0.29) is 17.7 Å². The molecule has 2 aromatic carbocycles. The summed E-state index contributed by atoms with van der Waals surface area (Å²) in [5.74, 6) is 1.09. The summed E-state index contributed by atoms with van der Waals surface area (Å²) in [6.07, 6.45) is 3.84. The first-order valence-electron chi connectivity index (χ1n) is 11.0. The zero-order chi connectivity index (χ0) is 21.3. The largest absolute Gasteiger partial charge is 0.497 e. The number of likely N-dealkylation sites (tertiary alicyclic amines) is 1. The molecule has 3 atom stereocenters. The maximum atomic E-state index is 13.6. The van der Waals surface area contributed by atoms with Crippen molar-refractivity contribution in [3.63, 3.8) is 0 Å². The normalized spacial score (nSPS) is 26.4. The summed E-state index contributed by atoms with van der Waals surface area (Å²) in [6.45, 7) is 4.75. The summed E-state index contributed by atoms with van der Waals surface area (Å²) < 4.78 is 5.44. The first-order valence-corrected chi connectivity index (χ1v) is 11.0. The Bertz CT molecular complexity index is 936. The zero-order valence-electron chi connectivity index (χ0n) is 18.2. The molecule has 4 heteroatoms. The molecule has 2 aliphatic rings. The highest BCUT2D eigenvalue weighted by Gasteiger charge is 2.54. The van der Waals surface area contributed by atoms with Crippen LogP contribution in [0, 0.1) is 18.8 Å². The molecule has 1 aliphatic heterocycles. The van der Waals surface area contributed by atoms with E-state index in [1.54, 1.807) is 7.11 Å². The molecule has 0 bridgehead atoms. The molecule has 4 nitrogen and oxygen atoms in total. The van der Waals surface area contributed by atoms with Crippen LogP contribution < -0.4 is 4.74 Å². The number of nitrogens with zero attached hydrogens (tertiary/aromatic N) is 1. The molecule has 2 aromatic rings. The van der Waals surface area contributed by atoms with Crippen molar-refractivity contribution in [1.82, 2.24) is 4.90 Å². The average Bonchev–Trinajstić information content (AvgIpc) is 2.74. The van der Waals surface area contributed by atoms with Gasteiger partial charge < -0.3 is 4.74 Å². The smallest absolute Gasteiger partial charge is 0.233 e. The summed E-state index contributed by atoms with van der Waals surface area (Å²) in [6, 6.07) is 16.3. The number of aryl methyl sites for hydroxylation is 1. The van der Waals surface area contributed by atoms with E-state index in [9.17, 15) is 9.59 Å². The van der Waals surface area contributed by atoms with E-state index >= 15 is 0 Å². The molecule has 158 valence electrons. The molecule has 1 aliphatic carbocycles. The number of ether oxygens (including phenoxy) is 1. The minimum Gasteiger partial charge on any atom is -0.497 e. The SMILES string of the molecule is COc1cccc([C@@]23CC(=O)N(CCc4ccc(C)cc4)C(=O)[C@H]2CCC(C)C3)c1. The molecule has 4 rings (SSSR count). The van der Waals surface area contributed by atoms with E-state index in [1.807, 2.05) is 18.2 Å². The van der Waals surface area contributed by atoms with E-state index in [2.05, 4.69) is 44.2 Å². The average molecular weight is 406 g/mol. The highest BCUT2D eigenvalue weighted by molar-refractivity contribution is 6.01. The van der Waals surface area contributed by atoms with Gasteiger partial charge in [0.15, 0.2) is 0 Å². The Labute approximate surface area is 179 Å². The molecule has 1 unspecified atom stereocenters. The van der Waals surface area contributed by atoms with E-state index < -0.39 is 5.41 Å². The first kappa shape index (κ1) is 20.6. The quantitative estimate of drug-likeness (QED) is 0.679. The van der Waals surface area contributed by atoms with E-state index in [0.29, 0.717) is 25.3 Å². The van der Waals surface area contributed by atoms with Gasteiger partial charge in [-0.15, -0.1) is 0 Å². The second kappa shape index (κ2) is 8.25. The Morgan fingerprint density at radius 3 is 2.60 bits per heavy atom. The van der Waals surface area contributed by atoms with Gasteiger partial charge in [0.1, 0.15) is 5.75 Å². The van der Waals surface area contributed by atoms with Crippen LogP contribution in [0.2, 0.25) is 0 Å². The monoisotopic (exact) mass is 405 g/mol. The molecule has 0 N–H and O–H groups in total. The number of methoxy groups -OCH3 is 1. The van der Waals surface area contributed by atoms with Gasteiger partial charge in [0.2, 0.25) is 11.8 Å². The van der Waals surface area contributed by atoms with Crippen LogP contribution in [0.25, 0.3) is 0 Å². The van der Waals surface area contributed by atoms with Gasteiger partial charge in [-0.2, -0.15) is 0 Å². The van der Waals surface area contributed by atoms with Crippen LogP contribution in [0.5, 0.6) is 5.75 Å². The van der Waals surface area contributed by atoms with Crippen molar-refractivity contribution in [3.05, 3.63) is 65.2 Å². The summed E-state index contributed by atoms with van der Waals surface area (Å²) in [4.78, 5) is 28.3. The van der Waals surface area contributed by atoms with E-state index in [1.165, 1.54) is 10.5 Å². The molecule has 0 aromatic heterocycles. The third kappa shape index (κ3) is 3.76. The van der Waals surface area contributed by atoms with E-state index in [0.717, 1.165) is 36.1 Å². The lowest BCUT2D eigenvalue weighted by atomic mass is 9.56. The number of rotatable bonds is 5. The molecule has 1 saturated carbocycles. The van der Waals surface area contributed by atoms with Gasteiger partial charge in [0.05, 0.1) is 7.11 Å². The Morgan fingerprint density at radius 1 is 1.10 bits per heavy atom. The maximum Gasteiger partial charge on any atom is 0.233 e. The van der Waals surface area contributed by atoms with Crippen LogP contribution >= 0.6 is 0 Å². The number of piperidine rings is 1. The first-order chi connectivity index (χ1) is 14.4. The number of benzene rings is 2. The topological polar surface area (TPSA) is 46.6 Å². The summed E-state index contributed by atoms with van der Waals surface area (Å²) in [7, 11) is 1.65. The zero-order valence-corrected chi connectivity index (χ0v) is 18.2. The third-order valence-electron chi connectivity index (χ3n) is 7.05. The molecule has 1 heterocycles. The number of fused-ring (bicyclic) bond motifs is 1. The lowest BCUT2D eigenvalue weighted by Gasteiger charge is -2.50. The molecular weight excluding hydrogens is 374 g/mol. The number of carbonyl (C=O) groups excluding carboxylic acids is 2. The Kier molecular flexibility index (Phi) is 5.68. The number of hydrogen-bond acceptors (Lipinski definition) is 3. The minimum atomic E-state index is -0.416. The number of amides is 2.